The molecule has 0 aliphatic carbocycles. The molecular formula is C41H62N8O4. The number of nitrogens with two attached hydrogens (primary N) is 1. The zero-order valence-corrected chi connectivity index (χ0v) is 33.4. The van der Waals surface area contributed by atoms with Crippen molar-refractivity contribution in [2.24, 2.45) is 11.1 Å². The summed E-state index contributed by atoms with van der Waals surface area (Å²) in [5, 5.41) is 18.5. The van der Waals surface area contributed by atoms with Crippen LogP contribution in [0.25, 0.3) is 22.5 Å². The Balaban J connectivity index is 1.31. The average molecular weight is 731 g/mol. The Morgan fingerprint density at radius 2 is 1.57 bits per heavy atom. The van der Waals surface area contributed by atoms with E-state index in [1.54, 1.807) is 4.90 Å². The Morgan fingerprint density at radius 3 is 2.26 bits per heavy atom. The minimum Gasteiger partial charge on any atom is -0.375 e. The number of nitrogens with one attached hydrogen (secondary N) is 3. The van der Waals surface area contributed by atoms with Crippen LogP contribution in [0.5, 0.6) is 0 Å². The van der Waals surface area contributed by atoms with E-state index in [1.807, 2.05) is 110 Å². The summed E-state index contributed by atoms with van der Waals surface area (Å²) in [6.45, 7) is 18.4. The number of hydrogen-bond acceptors (Lipinski definition) is 8. The van der Waals surface area contributed by atoms with Crippen molar-refractivity contribution in [2.75, 3.05) is 31.6 Å². The first-order valence-electron chi connectivity index (χ1n) is 18.9. The van der Waals surface area contributed by atoms with Crippen LogP contribution in [0.2, 0.25) is 0 Å². The fourth-order valence-electron chi connectivity index (χ4n) is 6.97. The van der Waals surface area contributed by atoms with Gasteiger partial charge in [-0.05, 0) is 92.4 Å². The molecule has 2 heterocycles. The number of carbonyl (C=O) groups excluding carboxylic acids is 3. The van der Waals surface area contributed by atoms with Gasteiger partial charge >= 0.3 is 0 Å². The molecule has 0 bridgehead atoms. The number of benzene rings is 2. The van der Waals surface area contributed by atoms with Gasteiger partial charge in [0.25, 0.3) is 0 Å². The van der Waals surface area contributed by atoms with Crippen LogP contribution in [0.1, 0.15) is 99.5 Å². The second kappa shape index (κ2) is 17.3. The van der Waals surface area contributed by atoms with Gasteiger partial charge in [0, 0.05) is 60.2 Å². The van der Waals surface area contributed by atoms with Gasteiger partial charge in [-0.15, -0.1) is 5.10 Å². The molecule has 3 amide bonds. The molecule has 2 aromatic carbocycles. The smallest absolute Gasteiger partial charge is 0.227 e. The first kappa shape index (κ1) is 41.6. The largest absolute Gasteiger partial charge is 0.375 e. The van der Waals surface area contributed by atoms with Crippen molar-refractivity contribution in [1.29, 1.82) is 0 Å². The molecule has 0 radical (unpaired) electrons. The third-order valence-corrected chi connectivity index (χ3v) is 9.68. The molecule has 1 aliphatic rings. The van der Waals surface area contributed by atoms with Gasteiger partial charge in [0.05, 0.1) is 23.5 Å². The predicted molar refractivity (Wildman–Crippen MR) is 211 cm³/mol. The lowest BCUT2D eigenvalue weighted by Gasteiger charge is -2.36. The third-order valence-electron chi connectivity index (χ3n) is 9.68. The summed E-state index contributed by atoms with van der Waals surface area (Å²) in [5.74, 6) is -0.368. The van der Waals surface area contributed by atoms with Gasteiger partial charge in [-0.25, -0.2) is 4.68 Å². The molecule has 3 aromatic rings. The van der Waals surface area contributed by atoms with Crippen molar-refractivity contribution in [3.63, 3.8) is 0 Å². The van der Waals surface area contributed by atoms with Crippen molar-refractivity contribution in [3.05, 3.63) is 54.1 Å². The maximum atomic E-state index is 13.9. The van der Waals surface area contributed by atoms with Crippen molar-refractivity contribution in [2.45, 2.75) is 124 Å². The third kappa shape index (κ3) is 11.7. The summed E-state index contributed by atoms with van der Waals surface area (Å²) in [5.41, 5.74) is 9.47. The van der Waals surface area contributed by atoms with Gasteiger partial charge in [0.15, 0.2) is 0 Å². The van der Waals surface area contributed by atoms with Gasteiger partial charge in [0.2, 0.25) is 17.7 Å². The fourth-order valence-corrected chi connectivity index (χ4v) is 6.97. The van der Waals surface area contributed by atoms with E-state index in [2.05, 4.69) is 32.3 Å². The molecule has 53 heavy (non-hydrogen) atoms. The quantitative estimate of drug-likeness (QED) is 0.124. The van der Waals surface area contributed by atoms with Crippen LogP contribution in [0.3, 0.4) is 0 Å². The standard InChI is InChI=1S/C41H62N8O4/c1-38(2,37(52)45-40(5,6)28-39(3,4)42)22-26-53-41(7,8)21-24-44-33(50)19-20-34(51)48-27-29-15-10-11-16-30(29)36-35(31-17-12-13-18-32(31)48)46-47-49(36)25-14-23-43-9/h10-13,15-18,43H,14,19-28,42H2,1-9H3,(H,44,50)(H,45,52). The van der Waals surface area contributed by atoms with Crippen LogP contribution in [0.15, 0.2) is 48.5 Å². The molecule has 0 saturated carbocycles. The van der Waals surface area contributed by atoms with Gasteiger partial charge in [-0.1, -0.05) is 61.5 Å². The molecule has 1 aromatic heterocycles. The number of aryl methyl sites for hydroxylation is 1. The fraction of sp³-hybridized carbons (Fsp3) is 0.585. The van der Waals surface area contributed by atoms with Crippen molar-refractivity contribution in [1.82, 2.24) is 30.9 Å². The second-order valence-electron chi connectivity index (χ2n) is 17.0. The number of amides is 3. The van der Waals surface area contributed by atoms with E-state index in [1.165, 1.54) is 0 Å². The maximum absolute atomic E-state index is 13.9. The summed E-state index contributed by atoms with van der Waals surface area (Å²) >= 11 is 0. The zero-order valence-electron chi connectivity index (χ0n) is 33.4. The summed E-state index contributed by atoms with van der Waals surface area (Å²) in [7, 11) is 1.94. The Bertz CT molecular complexity index is 1720. The zero-order chi connectivity index (χ0) is 39.0. The molecule has 4 rings (SSSR count). The SMILES string of the molecule is CNCCCn1nnc2c1-c1ccccc1CN(C(=O)CCC(=O)NCCC(C)(C)OCCC(C)(C)C(=O)NC(C)(C)CC(C)(C)N)c1ccccc1-2. The van der Waals surface area contributed by atoms with Crippen molar-refractivity contribution >= 4 is 23.4 Å². The van der Waals surface area contributed by atoms with E-state index in [9.17, 15) is 14.4 Å². The Kier molecular flexibility index (Phi) is 13.6. The second-order valence-corrected chi connectivity index (χ2v) is 17.0. The molecule has 1 aliphatic heterocycles. The molecule has 12 heteroatoms. The van der Waals surface area contributed by atoms with Crippen molar-refractivity contribution < 1.29 is 19.1 Å². The van der Waals surface area contributed by atoms with Crippen LogP contribution in [-0.4, -0.2) is 76.1 Å². The van der Waals surface area contributed by atoms with E-state index in [0.29, 0.717) is 45.5 Å². The number of hydrogen-bond donors (Lipinski definition) is 4. The number of ether oxygens (including phenoxy) is 1. The van der Waals surface area contributed by atoms with E-state index in [0.717, 1.165) is 46.7 Å². The number of anilines is 1. The highest BCUT2D eigenvalue weighted by Crippen LogP contribution is 2.41. The summed E-state index contributed by atoms with van der Waals surface area (Å²) < 4.78 is 8.16. The van der Waals surface area contributed by atoms with Gasteiger partial charge in [-0.2, -0.15) is 0 Å². The first-order chi connectivity index (χ1) is 24.8. The molecule has 0 unspecified atom stereocenters. The molecule has 290 valence electrons. The summed E-state index contributed by atoms with van der Waals surface area (Å²) in [6, 6.07) is 15.8. The molecule has 0 fully saturated rings. The summed E-state index contributed by atoms with van der Waals surface area (Å²) in [4.78, 5) is 41.8. The van der Waals surface area contributed by atoms with Gasteiger partial charge in [-0.3, -0.25) is 14.4 Å². The molecule has 0 atom stereocenters. The number of carbonyl (C=O) groups is 3. The Morgan fingerprint density at radius 1 is 0.887 bits per heavy atom. The van der Waals surface area contributed by atoms with Crippen LogP contribution in [0, 0.1) is 5.41 Å². The molecule has 0 saturated heterocycles. The van der Waals surface area contributed by atoms with Crippen LogP contribution in [-0.2, 0) is 32.2 Å². The van der Waals surface area contributed by atoms with Crippen LogP contribution in [0.4, 0.5) is 5.69 Å². The molecular weight excluding hydrogens is 669 g/mol. The molecule has 0 spiro atoms. The topological polar surface area (TPSA) is 157 Å². The minimum absolute atomic E-state index is 0.0355. The lowest BCUT2D eigenvalue weighted by Crippen LogP contribution is -2.53. The molecule has 12 nitrogen and oxygen atoms in total. The highest BCUT2D eigenvalue weighted by Gasteiger charge is 2.35. The van der Waals surface area contributed by atoms with Crippen molar-refractivity contribution in [3.8, 4) is 22.5 Å². The van der Waals surface area contributed by atoms with E-state index < -0.39 is 22.1 Å². The van der Waals surface area contributed by atoms with E-state index >= 15 is 0 Å². The normalized spacial score (nSPS) is 13.4. The van der Waals surface area contributed by atoms with Gasteiger partial charge in [0.1, 0.15) is 5.69 Å². The first-order valence-corrected chi connectivity index (χ1v) is 18.9. The lowest BCUT2D eigenvalue weighted by atomic mass is 9.84. The lowest BCUT2D eigenvalue weighted by molar-refractivity contribution is -0.133. The number of nitrogens with zero attached hydrogens (tertiary/aromatic N) is 4. The van der Waals surface area contributed by atoms with Crippen LogP contribution < -0.4 is 26.6 Å². The highest BCUT2D eigenvalue weighted by molar-refractivity contribution is 6.01. The number of rotatable bonds is 18. The van der Waals surface area contributed by atoms with E-state index in [4.69, 9.17) is 10.5 Å². The Labute approximate surface area is 316 Å². The molecule has 5 N–H and O–H groups in total. The predicted octanol–water partition coefficient (Wildman–Crippen LogP) is 5.59. The highest BCUT2D eigenvalue weighted by atomic mass is 16.5. The van der Waals surface area contributed by atoms with E-state index in [-0.39, 0.29) is 30.6 Å². The minimum atomic E-state index is -0.630. The Hall–Kier alpha value is -4.13. The van der Waals surface area contributed by atoms with Crippen LogP contribution >= 0.6 is 0 Å². The summed E-state index contributed by atoms with van der Waals surface area (Å²) in [6.07, 6.45) is 2.79. The monoisotopic (exact) mass is 730 g/mol. The maximum Gasteiger partial charge on any atom is 0.227 e. The number of para-hydroxylation sites is 1. The van der Waals surface area contributed by atoms with Gasteiger partial charge < -0.3 is 31.3 Å². The average Bonchev–Trinajstić information content (AvgIpc) is 3.47. The number of fused-ring (bicyclic) bond motifs is 5. The number of aromatic nitrogens is 3.